The van der Waals surface area contributed by atoms with Crippen LogP contribution in [0.3, 0.4) is 0 Å². The molecule has 0 aromatic heterocycles. The van der Waals surface area contributed by atoms with Gasteiger partial charge in [0.15, 0.2) is 0 Å². The minimum absolute atomic E-state index is 0.348. The van der Waals surface area contributed by atoms with Crippen molar-refractivity contribution in [2.45, 2.75) is 57.2 Å². The lowest BCUT2D eigenvalue weighted by Crippen LogP contribution is -2.33. The van der Waals surface area contributed by atoms with Crippen LogP contribution in [-0.2, 0) is 0 Å². The van der Waals surface area contributed by atoms with Gasteiger partial charge in [-0.05, 0) is 31.9 Å². The lowest BCUT2D eigenvalue weighted by molar-refractivity contribution is 0.518. The minimum Gasteiger partial charge on any atom is -0.314 e. The highest BCUT2D eigenvalue weighted by Crippen LogP contribution is 2.24. The van der Waals surface area contributed by atoms with Gasteiger partial charge in [0, 0.05) is 4.75 Å². The summed E-state index contributed by atoms with van der Waals surface area (Å²) in [6.07, 6.45) is 2.99. The van der Waals surface area contributed by atoms with Crippen molar-refractivity contribution in [2.24, 2.45) is 5.73 Å². The van der Waals surface area contributed by atoms with Gasteiger partial charge in [0.25, 0.3) is 0 Å². The Labute approximate surface area is 92.2 Å². The number of unbranched alkanes of at least 4 members (excludes halogenated alkanes) is 1. The molecule has 0 radical (unpaired) electrons. The number of thioether (sulfide) groups is 1. The van der Waals surface area contributed by atoms with Gasteiger partial charge in [0.1, 0.15) is 5.54 Å². The van der Waals surface area contributed by atoms with Crippen LogP contribution in [0, 0.1) is 11.3 Å². The topological polar surface area (TPSA) is 49.8 Å². The summed E-state index contributed by atoms with van der Waals surface area (Å²) in [5, 5.41) is 8.70. The average molecular weight is 214 g/mol. The second-order valence-corrected chi connectivity index (χ2v) is 6.87. The van der Waals surface area contributed by atoms with Crippen molar-refractivity contribution in [1.82, 2.24) is 0 Å². The minimum atomic E-state index is -0.633. The van der Waals surface area contributed by atoms with Gasteiger partial charge in [-0.1, -0.05) is 20.8 Å². The predicted molar refractivity (Wildman–Crippen MR) is 64.3 cm³/mol. The van der Waals surface area contributed by atoms with Gasteiger partial charge in [-0.15, -0.1) is 0 Å². The molecule has 0 rings (SSSR count). The van der Waals surface area contributed by atoms with E-state index in [2.05, 4.69) is 26.8 Å². The van der Waals surface area contributed by atoms with Gasteiger partial charge in [-0.2, -0.15) is 17.0 Å². The molecule has 1 unspecified atom stereocenters. The van der Waals surface area contributed by atoms with Gasteiger partial charge < -0.3 is 5.73 Å². The summed E-state index contributed by atoms with van der Waals surface area (Å²) >= 11 is 1.97. The van der Waals surface area contributed by atoms with E-state index in [-0.39, 0.29) is 0 Å². The molecule has 0 fully saturated rings. The van der Waals surface area contributed by atoms with Crippen LogP contribution in [0.2, 0.25) is 0 Å². The Morgan fingerprint density at radius 3 is 2.21 bits per heavy atom. The molecule has 0 bridgehead atoms. The molecule has 1 atom stereocenters. The number of rotatable bonds is 5. The molecule has 0 aliphatic rings. The van der Waals surface area contributed by atoms with E-state index in [1.807, 2.05) is 11.8 Å². The molecular formula is C11H22N2S. The van der Waals surface area contributed by atoms with E-state index in [0.717, 1.165) is 25.0 Å². The first kappa shape index (κ1) is 13.8. The van der Waals surface area contributed by atoms with Crippen LogP contribution in [0.15, 0.2) is 0 Å². The first-order valence-electron chi connectivity index (χ1n) is 5.11. The van der Waals surface area contributed by atoms with Crippen molar-refractivity contribution in [1.29, 1.82) is 5.26 Å². The van der Waals surface area contributed by atoms with Crippen LogP contribution in [0.5, 0.6) is 0 Å². The standard InChI is InChI=1S/C11H22N2S/c1-10(2,3)14-8-6-5-7-11(4,13)9-12/h5-8,13H2,1-4H3. The highest BCUT2D eigenvalue weighted by atomic mass is 32.2. The number of hydrogen-bond acceptors (Lipinski definition) is 3. The van der Waals surface area contributed by atoms with Crippen LogP contribution >= 0.6 is 11.8 Å². The highest BCUT2D eigenvalue weighted by Gasteiger charge is 2.16. The molecule has 14 heavy (non-hydrogen) atoms. The molecule has 2 nitrogen and oxygen atoms in total. The summed E-state index contributed by atoms with van der Waals surface area (Å²) in [7, 11) is 0. The Morgan fingerprint density at radius 2 is 1.79 bits per heavy atom. The summed E-state index contributed by atoms with van der Waals surface area (Å²) in [5.74, 6) is 1.16. The van der Waals surface area contributed by atoms with E-state index >= 15 is 0 Å². The first-order chi connectivity index (χ1) is 6.27. The van der Waals surface area contributed by atoms with E-state index in [1.54, 1.807) is 6.92 Å². The predicted octanol–water partition coefficient (Wildman–Crippen LogP) is 2.93. The van der Waals surface area contributed by atoms with E-state index in [1.165, 1.54) is 0 Å². The fraction of sp³-hybridized carbons (Fsp3) is 0.909. The number of hydrogen-bond donors (Lipinski definition) is 1. The molecule has 0 saturated heterocycles. The van der Waals surface area contributed by atoms with Crippen molar-refractivity contribution in [3.05, 3.63) is 0 Å². The lowest BCUT2D eigenvalue weighted by Gasteiger charge is -2.18. The van der Waals surface area contributed by atoms with E-state index in [0.29, 0.717) is 4.75 Å². The maximum Gasteiger partial charge on any atom is 0.101 e. The zero-order valence-electron chi connectivity index (χ0n) is 9.76. The summed E-state index contributed by atoms with van der Waals surface area (Å²) in [4.78, 5) is 0. The van der Waals surface area contributed by atoms with E-state index < -0.39 is 5.54 Å². The van der Waals surface area contributed by atoms with Gasteiger partial charge >= 0.3 is 0 Å². The largest absolute Gasteiger partial charge is 0.314 e. The Morgan fingerprint density at radius 1 is 1.21 bits per heavy atom. The molecule has 0 aliphatic heterocycles. The van der Waals surface area contributed by atoms with Crippen molar-refractivity contribution in [3.63, 3.8) is 0 Å². The SMILES string of the molecule is CC(N)(C#N)CCCCSC(C)(C)C. The van der Waals surface area contributed by atoms with Gasteiger partial charge in [0.05, 0.1) is 6.07 Å². The monoisotopic (exact) mass is 214 g/mol. The molecule has 0 aromatic carbocycles. The molecular weight excluding hydrogens is 192 g/mol. The molecule has 0 aliphatic carbocycles. The summed E-state index contributed by atoms with van der Waals surface area (Å²) in [5.41, 5.74) is 5.08. The van der Waals surface area contributed by atoms with Crippen LogP contribution in [0.25, 0.3) is 0 Å². The Balaban J connectivity index is 3.45. The lowest BCUT2D eigenvalue weighted by atomic mass is 9.99. The Hall–Kier alpha value is -0.200. The second kappa shape index (κ2) is 5.63. The van der Waals surface area contributed by atoms with Gasteiger partial charge in [-0.3, -0.25) is 0 Å². The fourth-order valence-corrected chi connectivity index (χ4v) is 1.99. The van der Waals surface area contributed by atoms with Crippen LogP contribution in [-0.4, -0.2) is 16.0 Å². The van der Waals surface area contributed by atoms with Crippen LogP contribution < -0.4 is 5.73 Å². The molecule has 2 N–H and O–H groups in total. The molecule has 0 heterocycles. The van der Waals surface area contributed by atoms with E-state index in [9.17, 15) is 0 Å². The number of nitriles is 1. The zero-order valence-corrected chi connectivity index (χ0v) is 10.6. The Bertz CT molecular complexity index is 198. The maximum atomic E-state index is 8.70. The third-order valence-corrected chi connectivity index (χ3v) is 3.24. The molecule has 82 valence electrons. The number of nitrogens with zero attached hydrogens (tertiary/aromatic N) is 1. The van der Waals surface area contributed by atoms with Crippen molar-refractivity contribution in [2.75, 3.05) is 5.75 Å². The summed E-state index contributed by atoms with van der Waals surface area (Å²) in [6.45, 7) is 8.46. The van der Waals surface area contributed by atoms with Crippen molar-refractivity contribution < 1.29 is 0 Å². The third kappa shape index (κ3) is 8.40. The highest BCUT2D eigenvalue weighted by molar-refractivity contribution is 8.00. The van der Waals surface area contributed by atoms with E-state index in [4.69, 9.17) is 11.0 Å². The van der Waals surface area contributed by atoms with Gasteiger partial charge in [-0.25, -0.2) is 0 Å². The van der Waals surface area contributed by atoms with Crippen LogP contribution in [0.4, 0.5) is 0 Å². The van der Waals surface area contributed by atoms with Crippen molar-refractivity contribution in [3.8, 4) is 6.07 Å². The quantitative estimate of drug-likeness (QED) is 0.716. The summed E-state index contributed by atoms with van der Waals surface area (Å²) < 4.78 is 0.348. The molecule has 0 aromatic rings. The molecule has 0 spiro atoms. The van der Waals surface area contributed by atoms with Crippen LogP contribution in [0.1, 0.15) is 47.0 Å². The first-order valence-corrected chi connectivity index (χ1v) is 6.09. The summed E-state index contributed by atoms with van der Waals surface area (Å²) in [6, 6.07) is 2.12. The molecule has 3 heteroatoms. The molecule has 0 saturated carbocycles. The fourth-order valence-electron chi connectivity index (χ4n) is 1.03. The zero-order chi connectivity index (χ0) is 11.2. The smallest absolute Gasteiger partial charge is 0.101 e. The maximum absolute atomic E-state index is 8.70. The molecule has 0 amide bonds. The normalized spacial score (nSPS) is 16.0. The van der Waals surface area contributed by atoms with Gasteiger partial charge in [0.2, 0.25) is 0 Å². The van der Waals surface area contributed by atoms with Crippen molar-refractivity contribution >= 4 is 11.8 Å². The number of nitrogens with two attached hydrogens (primary N) is 1. The second-order valence-electron chi connectivity index (χ2n) is 4.95. The average Bonchev–Trinajstić information content (AvgIpc) is 2.01. The third-order valence-electron chi connectivity index (χ3n) is 1.88. The Kier molecular flexibility index (Phi) is 5.54.